The summed E-state index contributed by atoms with van der Waals surface area (Å²) in [4.78, 5) is 34.3. The lowest BCUT2D eigenvalue weighted by atomic mass is 9.87. The molecular weight excluding hydrogens is 396 g/mol. The first-order valence-electron chi connectivity index (χ1n) is 10.3. The van der Waals surface area contributed by atoms with Gasteiger partial charge in [-0.2, -0.15) is 0 Å². The molecule has 0 fully saturated rings. The van der Waals surface area contributed by atoms with Gasteiger partial charge >= 0.3 is 0 Å². The van der Waals surface area contributed by atoms with Gasteiger partial charge in [0.2, 0.25) is 5.91 Å². The number of ether oxygens (including phenoxy) is 2. The zero-order valence-corrected chi connectivity index (χ0v) is 18.0. The number of aryl methyl sites for hydroxylation is 1. The lowest BCUT2D eigenvalue weighted by Crippen LogP contribution is -2.32. The van der Waals surface area contributed by atoms with E-state index in [0.29, 0.717) is 35.0 Å². The Balaban J connectivity index is 1.48. The Morgan fingerprint density at radius 2 is 2.03 bits per heavy atom. The first-order chi connectivity index (χ1) is 15.0. The zero-order valence-electron chi connectivity index (χ0n) is 18.0. The normalized spacial score (nSPS) is 15.4. The molecule has 1 aromatic carbocycles. The highest BCUT2D eigenvalue weighted by Crippen LogP contribution is 2.27. The van der Waals surface area contributed by atoms with Crippen LogP contribution in [0, 0.1) is 5.92 Å². The Labute approximate surface area is 180 Å². The van der Waals surface area contributed by atoms with Gasteiger partial charge in [-0.25, -0.2) is 9.97 Å². The second kappa shape index (κ2) is 8.75. The fourth-order valence-electron chi connectivity index (χ4n) is 3.94. The van der Waals surface area contributed by atoms with Gasteiger partial charge in [-0.3, -0.25) is 14.2 Å². The van der Waals surface area contributed by atoms with Gasteiger partial charge in [0.05, 0.1) is 19.6 Å². The van der Waals surface area contributed by atoms with E-state index < -0.39 is 0 Å². The van der Waals surface area contributed by atoms with Crippen molar-refractivity contribution < 1.29 is 14.3 Å². The summed E-state index contributed by atoms with van der Waals surface area (Å²) in [6.07, 6.45) is 4.32. The fraction of sp³-hybridized carbons (Fsp3) is 0.391. The van der Waals surface area contributed by atoms with Crippen molar-refractivity contribution in [3.63, 3.8) is 0 Å². The van der Waals surface area contributed by atoms with E-state index in [4.69, 9.17) is 9.47 Å². The lowest BCUT2D eigenvalue weighted by Gasteiger charge is -2.20. The molecule has 8 nitrogen and oxygen atoms in total. The van der Waals surface area contributed by atoms with Crippen molar-refractivity contribution >= 4 is 16.9 Å². The summed E-state index contributed by atoms with van der Waals surface area (Å²) in [5.41, 5.74) is 3.20. The minimum absolute atomic E-state index is 0.109. The molecule has 0 saturated heterocycles. The summed E-state index contributed by atoms with van der Waals surface area (Å²) in [6, 6.07) is 7.34. The van der Waals surface area contributed by atoms with E-state index in [1.165, 1.54) is 10.9 Å². The number of carbonyl (C=O) groups is 1. The number of hydrogen-bond acceptors (Lipinski definition) is 6. The molecule has 0 aliphatic heterocycles. The summed E-state index contributed by atoms with van der Waals surface area (Å²) in [5, 5.41) is 3.29. The Morgan fingerprint density at radius 1 is 1.23 bits per heavy atom. The van der Waals surface area contributed by atoms with Crippen LogP contribution in [0.25, 0.3) is 11.0 Å². The van der Waals surface area contributed by atoms with E-state index in [1.807, 2.05) is 12.1 Å². The Kier molecular flexibility index (Phi) is 5.88. The molecule has 0 saturated carbocycles. The minimum atomic E-state index is -0.280. The predicted octanol–water partition coefficient (Wildman–Crippen LogP) is 2.25. The van der Waals surface area contributed by atoms with Crippen LogP contribution in [0.3, 0.4) is 0 Å². The summed E-state index contributed by atoms with van der Waals surface area (Å²) >= 11 is 0. The van der Waals surface area contributed by atoms with Gasteiger partial charge in [-0.05, 0) is 54.5 Å². The number of nitrogens with one attached hydrogen (secondary N) is 1. The van der Waals surface area contributed by atoms with Gasteiger partial charge < -0.3 is 14.8 Å². The third-order valence-electron chi connectivity index (χ3n) is 5.68. The van der Waals surface area contributed by atoms with Crippen LogP contribution in [-0.4, -0.2) is 34.7 Å². The molecule has 31 heavy (non-hydrogen) atoms. The van der Waals surface area contributed by atoms with E-state index in [1.54, 1.807) is 26.4 Å². The summed E-state index contributed by atoms with van der Waals surface area (Å²) in [6.45, 7) is 2.40. The Morgan fingerprint density at radius 3 is 2.81 bits per heavy atom. The van der Waals surface area contributed by atoms with E-state index >= 15 is 0 Å². The van der Waals surface area contributed by atoms with Crippen molar-refractivity contribution in [3.05, 3.63) is 57.8 Å². The molecule has 1 amide bonds. The number of amides is 1. The molecule has 2 aromatic heterocycles. The molecule has 3 aromatic rings. The summed E-state index contributed by atoms with van der Waals surface area (Å²) < 4.78 is 11.8. The maximum atomic E-state index is 12.9. The van der Waals surface area contributed by atoms with E-state index in [2.05, 4.69) is 22.2 Å². The van der Waals surface area contributed by atoms with Gasteiger partial charge in [0, 0.05) is 12.2 Å². The topological polar surface area (TPSA) is 95.3 Å². The van der Waals surface area contributed by atoms with Crippen molar-refractivity contribution in [2.24, 2.45) is 5.92 Å². The van der Waals surface area contributed by atoms with Gasteiger partial charge in [0.1, 0.15) is 12.9 Å². The molecule has 1 N–H and O–H groups in total. The van der Waals surface area contributed by atoms with Crippen LogP contribution in [0.2, 0.25) is 0 Å². The molecule has 1 aliphatic rings. The second-order valence-corrected chi connectivity index (χ2v) is 7.96. The highest BCUT2D eigenvalue weighted by atomic mass is 16.5. The van der Waals surface area contributed by atoms with Gasteiger partial charge in [0.15, 0.2) is 17.1 Å². The molecular formula is C23H26N4O4. The summed E-state index contributed by atoms with van der Waals surface area (Å²) in [7, 11) is 3.13. The number of methoxy groups -OCH3 is 2. The van der Waals surface area contributed by atoms with Crippen molar-refractivity contribution in [2.45, 2.75) is 39.3 Å². The van der Waals surface area contributed by atoms with Crippen LogP contribution in [-0.2, 0) is 30.7 Å². The van der Waals surface area contributed by atoms with Crippen LogP contribution < -0.4 is 20.3 Å². The molecule has 4 rings (SSSR count). The number of carbonyl (C=O) groups excluding carboxylic acids is 1. The van der Waals surface area contributed by atoms with Crippen molar-refractivity contribution in [1.29, 1.82) is 0 Å². The number of pyridine rings is 1. The van der Waals surface area contributed by atoms with Crippen molar-refractivity contribution in [3.8, 4) is 11.5 Å². The SMILES string of the molecule is COc1ccc(CNC(=O)Cn2cnc3nc4c(cc3c2=O)C[C@@H](C)CC4)cc1OC. The molecule has 0 unspecified atom stereocenters. The molecule has 1 aliphatic carbocycles. The second-order valence-electron chi connectivity index (χ2n) is 7.96. The number of nitrogens with zero attached hydrogens (tertiary/aromatic N) is 3. The molecule has 0 spiro atoms. The number of benzene rings is 1. The van der Waals surface area contributed by atoms with Gasteiger partial charge in [0.25, 0.3) is 5.56 Å². The average molecular weight is 422 g/mol. The molecule has 1 atom stereocenters. The number of aromatic nitrogens is 3. The number of fused-ring (bicyclic) bond motifs is 2. The zero-order chi connectivity index (χ0) is 22.0. The summed E-state index contributed by atoms with van der Waals surface area (Å²) in [5.74, 6) is 1.51. The monoisotopic (exact) mass is 422 g/mol. The maximum absolute atomic E-state index is 12.9. The van der Waals surface area contributed by atoms with Gasteiger partial charge in [-0.15, -0.1) is 0 Å². The van der Waals surface area contributed by atoms with E-state index in [9.17, 15) is 9.59 Å². The van der Waals surface area contributed by atoms with Crippen LogP contribution in [0.4, 0.5) is 0 Å². The van der Waals surface area contributed by atoms with Crippen LogP contribution in [0.15, 0.2) is 35.4 Å². The number of hydrogen-bond donors (Lipinski definition) is 1. The quantitative estimate of drug-likeness (QED) is 0.655. The predicted molar refractivity (Wildman–Crippen MR) is 116 cm³/mol. The standard InChI is InChI=1S/C23H26N4O4/c1-14-4-6-18-16(8-14)10-17-22(26-18)25-13-27(23(17)29)12-21(28)24-11-15-5-7-19(30-2)20(9-15)31-3/h5,7,9-10,13-14H,4,6,8,11-12H2,1-3H3,(H,24,28)/t14-/m0/s1. The smallest absolute Gasteiger partial charge is 0.263 e. The molecule has 2 heterocycles. The molecule has 0 bridgehead atoms. The minimum Gasteiger partial charge on any atom is -0.493 e. The first kappa shape index (κ1) is 20.8. The average Bonchev–Trinajstić information content (AvgIpc) is 2.78. The van der Waals surface area contributed by atoms with E-state index in [0.717, 1.165) is 36.1 Å². The van der Waals surface area contributed by atoms with Crippen LogP contribution in [0.1, 0.15) is 30.2 Å². The first-order valence-corrected chi connectivity index (χ1v) is 10.3. The third kappa shape index (κ3) is 4.38. The van der Waals surface area contributed by atoms with Crippen molar-refractivity contribution in [1.82, 2.24) is 19.9 Å². The molecule has 0 radical (unpaired) electrons. The molecule has 8 heteroatoms. The van der Waals surface area contributed by atoms with Crippen LogP contribution in [0.5, 0.6) is 11.5 Å². The Bertz CT molecular complexity index is 1190. The number of rotatable bonds is 6. The van der Waals surface area contributed by atoms with E-state index in [-0.39, 0.29) is 18.0 Å². The third-order valence-corrected chi connectivity index (χ3v) is 5.68. The molecule has 162 valence electrons. The lowest BCUT2D eigenvalue weighted by molar-refractivity contribution is -0.121. The highest BCUT2D eigenvalue weighted by molar-refractivity contribution is 5.77. The van der Waals surface area contributed by atoms with Gasteiger partial charge in [-0.1, -0.05) is 13.0 Å². The largest absolute Gasteiger partial charge is 0.493 e. The highest BCUT2D eigenvalue weighted by Gasteiger charge is 2.19. The fourth-order valence-corrected chi connectivity index (χ4v) is 3.94. The maximum Gasteiger partial charge on any atom is 0.263 e. The van der Waals surface area contributed by atoms with Crippen molar-refractivity contribution in [2.75, 3.05) is 14.2 Å². The van der Waals surface area contributed by atoms with Crippen LogP contribution >= 0.6 is 0 Å². The Hall–Kier alpha value is -3.42.